The molecule has 0 saturated carbocycles. The number of carbonyl (C=O) groups is 1. The molecule has 0 bridgehead atoms. The smallest absolute Gasteiger partial charge is 0.268 e. The van der Waals surface area contributed by atoms with E-state index in [1.807, 2.05) is 13.8 Å². The van der Waals surface area contributed by atoms with Crippen molar-refractivity contribution in [1.29, 1.82) is 5.26 Å². The third kappa shape index (κ3) is 5.88. The molecule has 5 aromatic rings. The number of aromatic amines is 1. The Morgan fingerprint density at radius 2 is 1.82 bits per heavy atom. The number of fused-ring (bicyclic) bond motifs is 1. The largest absolute Gasteiger partial charge is 0.384 e. The number of benzene rings is 1. The van der Waals surface area contributed by atoms with Crippen molar-refractivity contribution < 1.29 is 9.90 Å². The number of nitriles is 1. The first-order valence-corrected chi connectivity index (χ1v) is 14.0. The Balaban J connectivity index is 1.62. The standard InChI is InChI=1S/C33H31N7O4/c1-18(2)40-17-21(12-13-27(40)42)28-29(23-10-6-8-20(15-34)19(23)3)39-31-30(38-28)25(41)14-24(37-31)32(43)35-16-22-9-7-11-26(36-22)33(4,5)44/h6-14,17-18,44H,16H2,1-5H3,(H,35,43)(H,37,39,41). The van der Waals surface area contributed by atoms with Crippen LogP contribution >= 0.6 is 0 Å². The Kier molecular flexibility index (Phi) is 7.95. The van der Waals surface area contributed by atoms with E-state index in [0.29, 0.717) is 45.0 Å². The highest BCUT2D eigenvalue weighted by Crippen LogP contribution is 2.33. The van der Waals surface area contributed by atoms with E-state index < -0.39 is 16.9 Å². The molecule has 1 amide bonds. The highest BCUT2D eigenvalue weighted by molar-refractivity contribution is 5.94. The van der Waals surface area contributed by atoms with Gasteiger partial charge in [-0.05, 0) is 64.4 Å². The van der Waals surface area contributed by atoms with Gasteiger partial charge < -0.3 is 20.0 Å². The van der Waals surface area contributed by atoms with Gasteiger partial charge in [-0.2, -0.15) is 5.26 Å². The Labute approximate surface area is 252 Å². The Bertz CT molecular complexity index is 2080. The van der Waals surface area contributed by atoms with E-state index in [4.69, 9.17) is 9.97 Å². The Morgan fingerprint density at radius 3 is 2.52 bits per heavy atom. The molecule has 4 aromatic heterocycles. The van der Waals surface area contributed by atoms with Crippen LogP contribution in [0.15, 0.2) is 70.4 Å². The normalized spacial score (nSPS) is 11.5. The molecule has 0 spiro atoms. The minimum absolute atomic E-state index is 0.0104. The zero-order valence-corrected chi connectivity index (χ0v) is 25.0. The molecule has 44 heavy (non-hydrogen) atoms. The van der Waals surface area contributed by atoms with Gasteiger partial charge in [0.2, 0.25) is 5.43 Å². The highest BCUT2D eigenvalue weighted by Gasteiger charge is 2.21. The summed E-state index contributed by atoms with van der Waals surface area (Å²) in [4.78, 5) is 55.8. The van der Waals surface area contributed by atoms with Crippen LogP contribution < -0.4 is 16.3 Å². The third-order valence-electron chi connectivity index (χ3n) is 7.24. The predicted octanol–water partition coefficient (Wildman–Crippen LogP) is 4.13. The fraction of sp³-hybridized carbons (Fsp3) is 0.242. The predicted molar refractivity (Wildman–Crippen MR) is 166 cm³/mol. The lowest BCUT2D eigenvalue weighted by atomic mass is 9.97. The van der Waals surface area contributed by atoms with Crippen LogP contribution in [0.4, 0.5) is 0 Å². The molecule has 5 rings (SSSR count). The van der Waals surface area contributed by atoms with Gasteiger partial charge in [-0.15, -0.1) is 0 Å². The first-order valence-electron chi connectivity index (χ1n) is 14.0. The van der Waals surface area contributed by atoms with Crippen LogP contribution in [-0.4, -0.2) is 35.5 Å². The Morgan fingerprint density at radius 1 is 1.07 bits per heavy atom. The van der Waals surface area contributed by atoms with Gasteiger partial charge in [-0.25, -0.2) is 9.97 Å². The molecule has 11 nitrogen and oxygen atoms in total. The molecule has 0 saturated heterocycles. The van der Waals surface area contributed by atoms with Gasteiger partial charge in [0.1, 0.15) is 11.3 Å². The molecule has 0 aliphatic carbocycles. The van der Waals surface area contributed by atoms with E-state index in [-0.39, 0.29) is 35.0 Å². The number of aromatic nitrogens is 5. The summed E-state index contributed by atoms with van der Waals surface area (Å²) in [7, 11) is 0. The van der Waals surface area contributed by atoms with E-state index in [9.17, 15) is 24.8 Å². The second kappa shape index (κ2) is 11.7. The van der Waals surface area contributed by atoms with E-state index in [2.05, 4.69) is 21.4 Å². The van der Waals surface area contributed by atoms with Crippen molar-refractivity contribution in [1.82, 2.24) is 29.8 Å². The molecule has 0 unspecified atom stereocenters. The van der Waals surface area contributed by atoms with Crippen LogP contribution in [0.1, 0.15) is 66.7 Å². The van der Waals surface area contributed by atoms with E-state index in [1.54, 1.807) is 74.0 Å². The quantitative estimate of drug-likeness (QED) is 0.255. The number of hydrogen-bond acceptors (Lipinski definition) is 8. The maximum atomic E-state index is 13.3. The second-order valence-electron chi connectivity index (χ2n) is 11.3. The first kappa shape index (κ1) is 30.0. The average Bonchev–Trinajstić information content (AvgIpc) is 2.99. The van der Waals surface area contributed by atoms with Gasteiger partial charge in [0, 0.05) is 35.5 Å². The van der Waals surface area contributed by atoms with Gasteiger partial charge in [-0.1, -0.05) is 18.2 Å². The van der Waals surface area contributed by atoms with Crippen LogP contribution in [0.3, 0.4) is 0 Å². The molecular formula is C33H31N7O4. The zero-order chi connectivity index (χ0) is 31.8. The monoisotopic (exact) mass is 589 g/mol. The number of nitrogens with one attached hydrogen (secondary N) is 2. The number of H-pyrrole nitrogens is 1. The van der Waals surface area contributed by atoms with Crippen LogP contribution in [-0.2, 0) is 12.1 Å². The molecule has 1 aromatic carbocycles. The Hall–Kier alpha value is -5.47. The molecule has 222 valence electrons. The number of pyridine rings is 3. The number of hydrogen-bond donors (Lipinski definition) is 3. The lowest BCUT2D eigenvalue weighted by Crippen LogP contribution is -2.27. The lowest BCUT2D eigenvalue weighted by molar-refractivity contribution is 0.0736. The summed E-state index contributed by atoms with van der Waals surface area (Å²) in [6.45, 7) is 8.87. The summed E-state index contributed by atoms with van der Waals surface area (Å²) in [6.07, 6.45) is 1.67. The van der Waals surface area contributed by atoms with E-state index >= 15 is 0 Å². The van der Waals surface area contributed by atoms with E-state index in [0.717, 1.165) is 6.07 Å². The summed E-state index contributed by atoms with van der Waals surface area (Å²) in [5.74, 6) is -0.557. The fourth-order valence-corrected chi connectivity index (χ4v) is 4.81. The van der Waals surface area contributed by atoms with Crippen LogP contribution in [0, 0.1) is 18.3 Å². The van der Waals surface area contributed by atoms with E-state index in [1.165, 1.54) is 6.07 Å². The summed E-state index contributed by atoms with van der Waals surface area (Å²) >= 11 is 0. The summed E-state index contributed by atoms with van der Waals surface area (Å²) in [5, 5.41) is 22.7. The average molecular weight is 590 g/mol. The van der Waals surface area contributed by atoms with Crippen molar-refractivity contribution in [2.75, 3.05) is 0 Å². The van der Waals surface area contributed by atoms with Crippen molar-refractivity contribution in [3.8, 4) is 28.6 Å². The highest BCUT2D eigenvalue weighted by atomic mass is 16.3. The van der Waals surface area contributed by atoms with Crippen LogP contribution in [0.5, 0.6) is 0 Å². The molecule has 0 aliphatic rings. The SMILES string of the molecule is Cc1c(C#N)cccc1-c1nc2[nH]c(C(=O)NCc3cccc(C(C)(C)O)n3)cc(=O)c2nc1-c1ccc(=O)n(C(C)C)c1. The van der Waals surface area contributed by atoms with Crippen molar-refractivity contribution in [2.24, 2.45) is 0 Å². The van der Waals surface area contributed by atoms with Gasteiger partial charge in [0.05, 0.1) is 41.0 Å². The molecular weight excluding hydrogens is 558 g/mol. The summed E-state index contributed by atoms with van der Waals surface area (Å²) in [5.41, 5.74) is 2.24. The number of nitrogens with zero attached hydrogens (tertiary/aromatic N) is 5. The molecule has 0 radical (unpaired) electrons. The third-order valence-corrected chi connectivity index (χ3v) is 7.24. The molecule has 3 N–H and O–H groups in total. The number of rotatable bonds is 7. The van der Waals surface area contributed by atoms with Crippen molar-refractivity contribution >= 4 is 17.1 Å². The molecule has 11 heteroatoms. The number of aliphatic hydroxyl groups is 1. The first-order chi connectivity index (χ1) is 20.9. The van der Waals surface area contributed by atoms with Gasteiger partial charge in [0.15, 0.2) is 11.2 Å². The second-order valence-corrected chi connectivity index (χ2v) is 11.3. The van der Waals surface area contributed by atoms with Crippen LogP contribution in [0.2, 0.25) is 0 Å². The maximum Gasteiger partial charge on any atom is 0.268 e. The fourth-order valence-electron chi connectivity index (χ4n) is 4.81. The maximum absolute atomic E-state index is 13.3. The number of amides is 1. The summed E-state index contributed by atoms with van der Waals surface area (Å²) in [6, 6.07) is 16.7. The zero-order valence-electron chi connectivity index (χ0n) is 25.0. The minimum Gasteiger partial charge on any atom is -0.384 e. The van der Waals surface area contributed by atoms with Gasteiger partial charge in [0.25, 0.3) is 11.5 Å². The molecule has 0 fully saturated rings. The van der Waals surface area contributed by atoms with Gasteiger partial charge in [-0.3, -0.25) is 19.4 Å². The molecule has 0 aliphatic heterocycles. The topological polar surface area (TPSA) is 167 Å². The summed E-state index contributed by atoms with van der Waals surface area (Å²) < 4.78 is 1.56. The van der Waals surface area contributed by atoms with Crippen molar-refractivity contribution in [2.45, 2.75) is 52.8 Å². The van der Waals surface area contributed by atoms with Crippen LogP contribution in [0.25, 0.3) is 33.7 Å². The molecule has 0 atom stereocenters. The van der Waals surface area contributed by atoms with Crippen molar-refractivity contribution in [3.63, 3.8) is 0 Å². The van der Waals surface area contributed by atoms with Crippen molar-refractivity contribution in [3.05, 3.63) is 110 Å². The van der Waals surface area contributed by atoms with Gasteiger partial charge >= 0.3 is 0 Å². The molecule has 4 heterocycles. The minimum atomic E-state index is -1.14. The lowest BCUT2D eigenvalue weighted by Gasteiger charge is -2.17. The number of carbonyl (C=O) groups excluding carboxylic acids is 1.